The van der Waals surface area contributed by atoms with Crippen molar-refractivity contribution in [3.05, 3.63) is 0 Å². The number of amides is 1. The molecule has 0 unspecified atom stereocenters. The molecule has 0 aliphatic rings. The number of hydrogen-bond donors (Lipinski definition) is 3. The molecule has 4 N–H and O–H groups in total. The van der Waals surface area contributed by atoms with Crippen molar-refractivity contribution in [2.75, 3.05) is 18.8 Å². The van der Waals surface area contributed by atoms with Crippen LogP contribution in [0.1, 0.15) is 20.8 Å². The summed E-state index contributed by atoms with van der Waals surface area (Å²) < 4.78 is 21.1. The molecule has 0 fully saturated rings. The molecular formula is C8H19N3O3S. The minimum absolute atomic E-state index is 0.0901. The molecule has 0 rings (SSSR count). The molecule has 1 amide bonds. The van der Waals surface area contributed by atoms with Crippen LogP contribution >= 0.6 is 0 Å². The minimum Gasteiger partial charge on any atom is -0.350 e. The summed E-state index contributed by atoms with van der Waals surface area (Å²) in [5.74, 6) is -0.340. The molecule has 7 heteroatoms. The number of carbonyl (C=O) groups is 1. The van der Waals surface area contributed by atoms with Gasteiger partial charge in [0.25, 0.3) is 0 Å². The first-order valence-corrected chi connectivity index (χ1v) is 6.34. The van der Waals surface area contributed by atoms with E-state index >= 15 is 0 Å². The maximum Gasteiger partial charge on any atom is 0.234 e. The zero-order chi connectivity index (χ0) is 12.1. The van der Waals surface area contributed by atoms with Gasteiger partial charge < -0.3 is 10.6 Å². The normalized spacial score (nSPS) is 12.5. The van der Waals surface area contributed by atoms with E-state index in [0.29, 0.717) is 0 Å². The Bertz CT molecular complexity index is 306. The molecule has 0 saturated heterocycles. The lowest BCUT2D eigenvalue weighted by atomic mass is 10.1. The van der Waals surface area contributed by atoms with Gasteiger partial charge in [0, 0.05) is 12.1 Å². The van der Waals surface area contributed by atoms with Gasteiger partial charge in [-0.15, -0.1) is 0 Å². The molecule has 90 valence electrons. The van der Waals surface area contributed by atoms with E-state index < -0.39 is 10.0 Å². The van der Waals surface area contributed by atoms with Gasteiger partial charge in [0.05, 0.1) is 12.3 Å². The van der Waals surface area contributed by atoms with E-state index in [1.54, 1.807) is 0 Å². The number of carbonyl (C=O) groups excluding carboxylic acids is 1. The van der Waals surface area contributed by atoms with Crippen LogP contribution in [0.3, 0.4) is 0 Å². The molecule has 0 heterocycles. The zero-order valence-corrected chi connectivity index (χ0v) is 10.1. The Kier molecular flexibility index (Phi) is 5.19. The Labute approximate surface area is 90.7 Å². The van der Waals surface area contributed by atoms with Gasteiger partial charge in [0.15, 0.2) is 0 Å². The number of nitrogens with one attached hydrogen (secondary N) is 2. The first kappa shape index (κ1) is 14.3. The summed E-state index contributed by atoms with van der Waals surface area (Å²) in [6.45, 7) is 5.88. The smallest absolute Gasteiger partial charge is 0.234 e. The topological polar surface area (TPSA) is 101 Å². The standard InChI is InChI=1S/C8H19N3O3S/c1-8(2,3)11-7(12)6-10-4-5-15(9,13)14/h10H,4-6H2,1-3H3,(H,11,12)(H2,9,13,14). The lowest BCUT2D eigenvalue weighted by Gasteiger charge is -2.20. The predicted octanol–water partition coefficient (Wildman–Crippen LogP) is -1.22. The molecule has 6 nitrogen and oxygen atoms in total. The van der Waals surface area contributed by atoms with E-state index in [2.05, 4.69) is 10.6 Å². The molecule has 0 spiro atoms. The van der Waals surface area contributed by atoms with Crippen LogP contribution in [0, 0.1) is 0 Å². The fourth-order valence-electron chi connectivity index (χ4n) is 0.879. The van der Waals surface area contributed by atoms with Crippen molar-refractivity contribution in [1.82, 2.24) is 10.6 Å². The third-order valence-corrected chi connectivity index (χ3v) is 2.14. The Morgan fingerprint density at radius 2 is 1.87 bits per heavy atom. The Morgan fingerprint density at radius 1 is 1.33 bits per heavy atom. The molecule has 0 aromatic carbocycles. The second kappa shape index (κ2) is 5.43. The average molecular weight is 237 g/mol. The van der Waals surface area contributed by atoms with Crippen molar-refractivity contribution in [2.24, 2.45) is 5.14 Å². The van der Waals surface area contributed by atoms with Gasteiger partial charge in [-0.2, -0.15) is 0 Å². The van der Waals surface area contributed by atoms with Crippen molar-refractivity contribution < 1.29 is 13.2 Å². The second-order valence-electron chi connectivity index (χ2n) is 4.34. The molecule has 0 aromatic heterocycles. The monoisotopic (exact) mass is 237 g/mol. The predicted molar refractivity (Wildman–Crippen MR) is 58.7 cm³/mol. The average Bonchev–Trinajstić information content (AvgIpc) is 1.92. The van der Waals surface area contributed by atoms with E-state index in [0.717, 1.165) is 0 Å². The first-order valence-electron chi connectivity index (χ1n) is 4.62. The first-order chi connectivity index (χ1) is 6.60. The van der Waals surface area contributed by atoms with Crippen LogP contribution in [0.2, 0.25) is 0 Å². The minimum atomic E-state index is -3.45. The summed E-state index contributed by atoms with van der Waals surface area (Å²) in [6, 6.07) is 0. The number of rotatable bonds is 5. The molecule has 0 radical (unpaired) electrons. The summed E-state index contributed by atoms with van der Waals surface area (Å²) >= 11 is 0. The number of sulfonamides is 1. The quantitative estimate of drug-likeness (QED) is 0.522. The van der Waals surface area contributed by atoms with Crippen LogP contribution in [0.15, 0.2) is 0 Å². The molecule has 0 aliphatic carbocycles. The summed E-state index contributed by atoms with van der Waals surface area (Å²) in [5, 5.41) is 10.2. The van der Waals surface area contributed by atoms with Crippen molar-refractivity contribution in [1.29, 1.82) is 0 Å². The highest BCUT2D eigenvalue weighted by Gasteiger charge is 2.13. The van der Waals surface area contributed by atoms with Crippen molar-refractivity contribution in [3.8, 4) is 0 Å². The summed E-state index contributed by atoms with van der Waals surface area (Å²) in [5.41, 5.74) is -0.279. The van der Waals surface area contributed by atoms with Gasteiger partial charge in [-0.05, 0) is 20.8 Å². The zero-order valence-electron chi connectivity index (χ0n) is 9.33. The van der Waals surface area contributed by atoms with Crippen molar-refractivity contribution in [2.45, 2.75) is 26.3 Å². The molecule has 0 saturated carbocycles. The van der Waals surface area contributed by atoms with Crippen molar-refractivity contribution >= 4 is 15.9 Å². The molecule has 15 heavy (non-hydrogen) atoms. The highest BCUT2D eigenvalue weighted by molar-refractivity contribution is 7.89. The number of hydrogen-bond acceptors (Lipinski definition) is 4. The largest absolute Gasteiger partial charge is 0.350 e. The summed E-state index contributed by atoms with van der Waals surface area (Å²) in [7, 11) is -3.45. The van der Waals surface area contributed by atoms with Crippen LogP contribution in [0.4, 0.5) is 0 Å². The Morgan fingerprint density at radius 3 is 2.27 bits per heavy atom. The summed E-state index contributed by atoms with van der Waals surface area (Å²) in [4.78, 5) is 11.2. The SMILES string of the molecule is CC(C)(C)NC(=O)CNCCS(N)(=O)=O. The van der Waals surface area contributed by atoms with Gasteiger partial charge in [0.2, 0.25) is 15.9 Å². The van der Waals surface area contributed by atoms with E-state index in [1.807, 2.05) is 20.8 Å². The Hall–Kier alpha value is -0.660. The van der Waals surface area contributed by atoms with Gasteiger partial charge in [-0.25, -0.2) is 13.6 Å². The number of primary sulfonamides is 1. The fourth-order valence-corrected chi connectivity index (χ4v) is 1.31. The van der Waals surface area contributed by atoms with E-state index in [9.17, 15) is 13.2 Å². The summed E-state index contributed by atoms with van der Waals surface area (Å²) in [6.07, 6.45) is 0. The van der Waals surface area contributed by atoms with Gasteiger partial charge in [-0.1, -0.05) is 0 Å². The molecule has 0 aromatic rings. The molecule has 0 aliphatic heterocycles. The van der Waals surface area contributed by atoms with E-state index in [-0.39, 0.29) is 30.3 Å². The van der Waals surface area contributed by atoms with Crippen LogP contribution in [0.25, 0.3) is 0 Å². The highest BCUT2D eigenvalue weighted by Crippen LogP contribution is 1.96. The van der Waals surface area contributed by atoms with Gasteiger partial charge >= 0.3 is 0 Å². The van der Waals surface area contributed by atoms with Crippen LogP contribution in [-0.2, 0) is 14.8 Å². The maximum absolute atomic E-state index is 11.2. The lowest BCUT2D eigenvalue weighted by Crippen LogP contribution is -2.45. The van der Waals surface area contributed by atoms with E-state index in [1.165, 1.54) is 0 Å². The van der Waals surface area contributed by atoms with Crippen molar-refractivity contribution in [3.63, 3.8) is 0 Å². The molecular weight excluding hydrogens is 218 g/mol. The third-order valence-electron chi connectivity index (χ3n) is 1.36. The molecule has 0 bridgehead atoms. The second-order valence-corrected chi connectivity index (χ2v) is 6.08. The third kappa shape index (κ3) is 11.3. The Balaban J connectivity index is 3.66. The van der Waals surface area contributed by atoms with Crippen LogP contribution in [0.5, 0.6) is 0 Å². The van der Waals surface area contributed by atoms with Crippen LogP contribution in [-0.4, -0.2) is 38.7 Å². The van der Waals surface area contributed by atoms with Gasteiger partial charge in [-0.3, -0.25) is 4.79 Å². The maximum atomic E-state index is 11.2. The van der Waals surface area contributed by atoms with Crippen LogP contribution < -0.4 is 15.8 Å². The fraction of sp³-hybridized carbons (Fsp3) is 0.875. The number of nitrogens with two attached hydrogens (primary N) is 1. The lowest BCUT2D eigenvalue weighted by molar-refractivity contribution is -0.121. The van der Waals surface area contributed by atoms with E-state index in [4.69, 9.17) is 5.14 Å². The van der Waals surface area contributed by atoms with Gasteiger partial charge in [0.1, 0.15) is 0 Å². The molecule has 0 atom stereocenters. The highest BCUT2D eigenvalue weighted by atomic mass is 32.2.